The summed E-state index contributed by atoms with van der Waals surface area (Å²) in [5.41, 5.74) is 0. The summed E-state index contributed by atoms with van der Waals surface area (Å²) < 4.78 is 58.9. The molecule has 7 nitrogen and oxygen atoms in total. The van der Waals surface area contributed by atoms with Crippen LogP contribution in [0.5, 0.6) is 0 Å². The molecule has 0 aliphatic carbocycles. The van der Waals surface area contributed by atoms with Gasteiger partial charge in [-0.2, -0.15) is 0 Å². The molecule has 0 rings (SSSR count). The van der Waals surface area contributed by atoms with Crippen molar-refractivity contribution < 1.29 is 70.4 Å². The van der Waals surface area contributed by atoms with Crippen LogP contribution in [0.15, 0.2) is 0 Å². The van der Waals surface area contributed by atoms with Gasteiger partial charge in [0.1, 0.15) is 0 Å². The van der Waals surface area contributed by atoms with Gasteiger partial charge < -0.3 is 0 Å². The molecule has 0 aliphatic rings. The van der Waals surface area contributed by atoms with Crippen LogP contribution < -0.4 is 8.32 Å². The van der Waals surface area contributed by atoms with Crippen LogP contribution in [0.2, 0.25) is 0 Å². The van der Waals surface area contributed by atoms with E-state index in [9.17, 15) is 23.5 Å². The first kappa shape index (κ1) is 13.3. The normalized spacial score (nSPS) is 12.2. The van der Waals surface area contributed by atoms with Crippen molar-refractivity contribution in [3.63, 3.8) is 0 Å². The van der Waals surface area contributed by atoms with Crippen molar-refractivity contribution in [2.45, 2.75) is 0 Å². The van der Waals surface area contributed by atoms with Crippen LogP contribution in [0.4, 0.5) is 0 Å². The molecule has 0 spiro atoms. The van der Waals surface area contributed by atoms with E-state index in [1.54, 1.807) is 0 Å². The summed E-state index contributed by atoms with van der Waals surface area (Å²) in [5.74, 6) is 0. The average molecular weight is 275 g/mol. The third-order valence-corrected chi connectivity index (χ3v) is 2.83. The first-order valence-electron chi connectivity index (χ1n) is 1.33. The fourth-order valence-electron chi connectivity index (χ4n) is 0.102. The molecule has 0 aromatic carbocycles. The van der Waals surface area contributed by atoms with Gasteiger partial charge >= 0.3 is 70.4 Å². The van der Waals surface area contributed by atoms with Crippen molar-refractivity contribution in [3.05, 3.63) is 0 Å². The van der Waals surface area contributed by atoms with E-state index in [-0.39, 0.29) is 16.8 Å². The van der Waals surface area contributed by atoms with E-state index in [0.29, 0.717) is 0 Å². The minimum absolute atomic E-state index is 0. The van der Waals surface area contributed by atoms with Gasteiger partial charge in [0.15, 0.2) is 0 Å². The molecule has 0 heterocycles. The molecule has 1 radical (unpaired) electrons. The van der Waals surface area contributed by atoms with Crippen LogP contribution in [0.3, 0.4) is 0 Å². The Hall–Kier alpha value is 0.651. The summed E-state index contributed by atoms with van der Waals surface area (Å²) in [7, 11) is 0. The second-order valence-corrected chi connectivity index (χ2v) is 4.52. The van der Waals surface area contributed by atoms with Crippen LogP contribution >= 0.6 is 0 Å². The summed E-state index contributed by atoms with van der Waals surface area (Å²) in [4.78, 5) is 0. The molecule has 0 atom stereocenters. The zero-order valence-corrected chi connectivity index (χ0v) is 7.60. The van der Waals surface area contributed by atoms with Crippen molar-refractivity contribution >= 4 is 0 Å². The molecule has 10 heteroatoms. The number of hydrogen-bond donors (Lipinski definition) is 0. The maximum absolute atomic E-state index is 9.38. The molecular weight excluding hydrogens is 275 g/mol. The Morgan fingerprint density at radius 2 is 1.10 bits per heavy atom. The summed E-state index contributed by atoms with van der Waals surface area (Å²) >= 11 is -12.1. The van der Waals surface area contributed by atoms with Crippen molar-refractivity contribution in [1.29, 1.82) is 0 Å². The van der Waals surface area contributed by atoms with Gasteiger partial charge in [-0.1, -0.05) is 0 Å². The Bertz CT molecular complexity index is 237. The summed E-state index contributed by atoms with van der Waals surface area (Å²) in [6.45, 7) is 0. The predicted molar refractivity (Wildman–Crippen MR) is 3.83 cm³/mol. The van der Waals surface area contributed by atoms with Gasteiger partial charge in [-0.15, -0.1) is 0 Å². The Labute approximate surface area is 70.3 Å². The Balaban J connectivity index is 0. The molecule has 0 amide bonds. The van der Waals surface area contributed by atoms with Gasteiger partial charge in [0.2, 0.25) is 0 Å². The standard InChI is InChI=1S/Co.2Cr.7O/q+2;;;;;;;;2*-1. The SMILES string of the molecule is [Co+2].[O]=[Cr](=[O])([O-])[O][Cr](=[O])(=[O])[O-]. The van der Waals surface area contributed by atoms with Gasteiger partial charge in [0.05, 0.1) is 0 Å². The van der Waals surface area contributed by atoms with E-state index in [1.165, 1.54) is 0 Å². The van der Waals surface area contributed by atoms with Gasteiger partial charge in [0.25, 0.3) is 0 Å². The van der Waals surface area contributed by atoms with Crippen molar-refractivity contribution in [1.82, 2.24) is 0 Å². The Morgan fingerprint density at radius 3 is 1.10 bits per heavy atom. The first-order valence-corrected chi connectivity index (χ1v) is 5.50. The summed E-state index contributed by atoms with van der Waals surface area (Å²) in [5, 5.41) is 0. The van der Waals surface area contributed by atoms with Crippen LogP contribution in [0.25, 0.3) is 0 Å². The fourth-order valence-corrected chi connectivity index (χ4v) is 1.74. The number of rotatable bonds is 2. The van der Waals surface area contributed by atoms with Crippen molar-refractivity contribution in [3.8, 4) is 0 Å². The number of hydrogen-bond acceptors (Lipinski definition) is 7. The fraction of sp³-hybridized carbons (Fsp3) is 0. The van der Waals surface area contributed by atoms with Crippen LogP contribution in [-0.2, 0) is 62.1 Å². The quantitative estimate of drug-likeness (QED) is 0.528. The summed E-state index contributed by atoms with van der Waals surface area (Å²) in [6.07, 6.45) is 0. The van der Waals surface area contributed by atoms with Gasteiger partial charge in [-0.25, -0.2) is 0 Å². The molecule has 0 bridgehead atoms. The predicted octanol–water partition coefficient (Wildman–Crippen LogP) is -2.93. The maximum atomic E-state index is 9.38. The third kappa shape index (κ3) is 11.4. The molecule has 0 aromatic rings. The molecule has 0 unspecified atom stereocenters. The minimum atomic E-state index is -6.07. The molecule has 63 valence electrons. The van der Waals surface area contributed by atoms with Gasteiger partial charge in [0, 0.05) is 0 Å². The second-order valence-electron chi connectivity index (χ2n) is 0.885. The molecule has 10 heavy (non-hydrogen) atoms. The van der Waals surface area contributed by atoms with Gasteiger partial charge in [-0.05, 0) is 0 Å². The van der Waals surface area contributed by atoms with E-state index in [0.717, 1.165) is 0 Å². The van der Waals surface area contributed by atoms with Crippen LogP contribution in [0.1, 0.15) is 0 Å². The first-order chi connectivity index (χ1) is 3.71. The molecule has 0 saturated heterocycles. The van der Waals surface area contributed by atoms with E-state index >= 15 is 0 Å². The van der Waals surface area contributed by atoms with Crippen LogP contribution in [-0.4, -0.2) is 0 Å². The average Bonchev–Trinajstić information content (AvgIpc) is 1.14. The Kier molecular flexibility index (Phi) is 5.14. The molecular formula is CoCr2O7. The molecule has 0 N–H and O–H groups in total. The molecule has 0 saturated carbocycles. The van der Waals surface area contributed by atoms with Crippen molar-refractivity contribution in [2.75, 3.05) is 0 Å². The molecule has 0 fully saturated rings. The van der Waals surface area contributed by atoms with Gasteiger partial charge in [-0.3, -0.25) is 0 Å². The monoisotopic (exact) mass is 275 g/mol. The molecule has 0 aromatic heterocycles. The van der Waals surface area contributed by atoms with Crippen molar-refractivity contribution in [2.24, 2.45) is 0 Å². The van der Waals surface area contributed by atoms with E-state index in [4.69, 9.17) is 0 Å². The van der Waals surface area contributed by atoms with Crippen LogP contribution in [0, 0.1) is 0 Å². The van der Waals surface area contributed by atoms with E-state index in [2.05, 4.69) is 2.84 Å². The van der Waals surface area contributed by atoms with E-state index < -0.39 is 27.2 Å². The topological polar surface area (TPSA) is 124 Å². The zero-order valence-electron chi connectivity index (χ0n) is 4.01. The molecule has 0 aliphatic heterocycles. The van der Waals surface area contributed by atoms with E-state index in [1.807, 2.05) is 0 Å². The zero-order chi connectivity index (χ0) is 7.71. The Morgan fingerprint density at radius 1 is 0.900 bits per heavy atom. The third-order valence-electron chi connectivity index (χ3n) is 0.167. The second kappa shape index (κ2) is 3.88. The summed E-state index contributed by atoms with van der Waals surface area (Å²) in [6, 6.07) is 0.